The summed E-state index contributed by atoms with van der Waals surface area (Å²) in [6.45, 7) is 0. The highest BCUT2D eigenvalue weighted by Crippen LogP contribution is 2.08. The summed E-state index contributed by atoms with van der Waals surface area (Å²) >= 11 is 0. The fourth-order valence-corrected chi connectivity index (χ4v) is 1.55. The van der Waals surface area contributed by atoms with Crippen molar-refractivity contribution >= 4 is 18.4 Å². The molecule has 92 valence electrons. The van der Waals surface area contributed by atoms with E-state index in [1.54, 1.807) is 6.07 Å². The van der Waals surface area contributed by atoms with Gasteiger partial charge >= 0.3 is 0 Å². The van der Waals surface area contributed by atoms with Crippen LogP contribution in [0.1, 0.15) is 21.5 Å². The predicted molar refractivity (Wildman–Crippen MR) is 68.4 cm³/mol. The van der Waals surface area contributed by atoms with E-state index in [0.29, 0.717) is 5.56 Å². The molecular weight excluding hydrogens is 246 g/mol. The first-order chi connectivity index (χ1) is 8.28. The molecule has 2 nitrogen and oxygen atoms in total. The minimum absolute atomic E-state index is 0. The summed E-state index contributed by atoms with van der Waals surface area (Å²) in [5.41, 5.74) is 2.87. The van der Waals surface area contributed by atoms with Crippen molar-refractivity contribution in [3.63, 3.8) is 0 Å². The largest absolute Gasteiger partial charge is 1.00 e. The number of pyridine rings is 1. The Morgan fingerprint density at radius 1 is 0.944 bits per heavy atom. The van der Waals surface area contributed by atoms with Crippen LogP contribution in [0, 0.1) is 0 Å². The van der Waals surface area contributed by atoms with Crippen LogP contribution in [-0.4, -0.2) is 6.29 Å². The maximum Gasteiger partial charge on any atom is 0.169 e. The summed E-state index contributed by atoms with van der Waals surface area (Å²) in [5, 5.41) is 0. The molecule has 0 spiro atoms. The van der Waals surface area contributed by atoms with E-state index in [4.69, 9.17) is 0 Å². The summed E-state index contributed by atoms with van der Waals surface area (Å²) in [7, 11) is 1.99. The maximum atomic E-state index is 10.6. The SMILES string of the molecule is C[n+]1ccc(C=Cc2cccc(C=O)c2)cc1.[Cl-]. The van der Waals surface area contributed by atoms with Crippen molar-refractivity contribution in [2.24, 2.45) is 7.05 Å². The van der Waals surface area contributed by atoms with Crippen LogP contribution in [0.15, 0.2) is 48.8 Å². The van der Waals surface area contributed by atoms with E-state index >= 15 is 0 Å². The van der Waals surface area contributed by atoms with E-state index in [-0.39, 0.29) is 12.4 Å². The molecule has 0 atom stereocenters. The lowest BCUT2D eigenvalue weighted by Crippen LogP contribution is -3.00. The van der Waals surface area contributed by atoms with Crippen molar-refractivity contribution in [3.05, 3.63) is 65.5 Å². The number of aldehydes is 1. The molecule has 0 saturated heterocycles. The Bertz CT molecular complexity index is 547. The number of hydrogen-bond acceptors (Lipinski definition) is 1. The molecule has 18 heavy (non-hydrogen) atoms. The standard InChI is InChI=1S/C15H14NO.ClH/c1-16-9-7-13(8-10-16)5-6-14-3-2-4-15(11-14)12-17;/h2-12H,1H3;1H/q+1;/p-1. The second kappa shape index (κ2) is 6.72. The third-order valence-electron chi connectivity index (χ3n) is 2.52. The van der Waals surface area contributed by atoms with Crippen LogP contribution in [0.2, 0.25) is 0 Å². The molecule has 0 aliphatic heterocycles. The monoisotopic (exact) mass is 259 g/mol. The first-order valence-electron chi connectivity index (χ1n) is 5.46. The third-order valence-corrected chi connectivity index (χ3v) is 2.52. The van der Waals surface area contributed by atoms with Gasteiger partial charge in [-0.2, -0.15) is 0 Å². The molecule has 0 saturated carbocycles. The number of benzene rings is 1. The zero-order valence-electron chi connectivity index (χ0n) is 10.1. The van der Waals surface area contributed by atoms with Crippen LogP contribution in [0.3, 0.4) is 0 Å². The van der Waals surface area contributed by atoms with Gasteiger partial charge in [0.2, 0.25) is 0 Å². The Labute approximate surface area is 113 Å². The average Bonchev–Trinajstić information content (AvgIpc) is 2.38. The van der Waals surface area contributed by atoms with Crippen molar-refractivity contribution in [1.82, 2.24) is 0 Å². The van der Waals surface area contributed by atoms with Gasteiger partial charge in [-0.25, -0.2) is 4.57 Å². The molecule has 3 heteroatoms. The second-order valence-corrected chi connectivity index (χ2v) is 3.92. The molecule has 2 aromatic rings. The number of nitrogens with zero attached hydrogens (tertiary/aromatic N) is 1. The molecule has 0 radical (unpaired) electrons. The molecular formula is C15H14ClNO. The van der Waals surface area contributed by atoms with Crippen molar-refractivity contribution in [1.29, 1.82) is 0 Å². The van der Waals surface area contributed by atoms with Crippen LogP contribution in [0.5, 0.6) is 0 Å². The summed E-state index contributed by atoms with van der Waals surface area (Å²) in [6, 6.07) is 11.6. The highest BCUT2D eigenvalue weighted by molar-refractivity contribution is 5.78. The van der Waals surface area contributed by atoms with Gasteiger partial charge in [-0.15, -0.1) is 0 Å². The van der Waals surface area contributed by atoms with E-state index in [0.717, 1.165) is 17.4 Å². The van der Waals surface area contributed by atoms with Gasteiger partial charge in [0.25, 0.3) is 0 Å². The first kappa shape index (κ1) is 14.1. The Morgan fingerprint density at radius 2 is 1.56 bits per heavy atom. The number of aromatic nitrogens is 1. The van der Waals surface area contributed by atoms with Crippen LogP contribution in [0.4, 0.5) is 0 Å². The Balaban J connectivity index is 0.00000162. The lowest BCUT2D eigenvalue weighted by atomic mass is 10.1. The smallest absolute Gasteiger partial charge is 0.169 e. The normalized spacial score (nSPS) is 10.1. The zero-order valence-corrected chi connectivity index (χ0v) is 10.8. The second-order valence-electron chi connectivity index (χ2n) is 3.92. The molecule has 0 N–H and O–H groups in total. The summed E-state index contributed by atoms with van der Waals surface area (Å²) in [5.74, 6) is 0. The molecule has 0 bridgehead atoms. The van der Waals surface area contributed by atoms with E-state index < -0.39 is 0 Å². The molecule has 0 aliphatic carbocycles. The Hall–Kier alpha value is -1.93. The van der Waals surface area contributed by atoms with Gasteiger partial charge in [-0.05, 0) is 17.2 Å². The van der Waals surface area contributed by atoms with Gasteiger partial charge < -0.3 is 12.4 Å². The van der Waals surface area contributed by atoms with Gasteiger partial charge in [0.05, 0.1) is 0 Å². The number of halogens is 1. The van der Waals surface area contributed by atoms with E-state index in [2.05, 4.69) is 0 Å². The highest BCUT2D eigenvalue weighted by Gasteiger charge is 1.93. The quantitative estimate of drug-likeness (QED) is 0.538. The lowest BCUT2D eigenvalue weighted by molar-refractivity contribution is -0.671. The summed E-state index contributed by atoms with van der Waals surface area (Å²) < 4.78 is 1.99. The third kappa shape index (κ3) is 3.82. The van der Waals surface area contributed by atoms with E-state index in [1.807, 2.05) is 66.5 Å². The van der Waals surface area contributed by atoms with Crippen molar-refractivity contribution in [3.8, 4) is 0 Å². The Kier molecular flexibility index (Phi) is 5.28. The van der Waals surface area contributed by atoms with Crippen molar-refractivity contribution in [2.45, 2.75) is 0 Å². The molecule has 2 rings (SSSR count). The summed E-state index contributed by atoms with van der Waals surface area (Å²) in [4.78, 5) is 10.6. The molecule has 0 unspecified atom stereocenters. The van der Waals surface area contributed by atoms with Gasteiger partial charge in [0.1, 0.15) is 13.3 Å². The number of aryl methyl sites for hydroxylation is 1. The minimum atomic E-state index is 0. The Morgan fingerprint density at radius 3 is 2.22 bits per heavy atom. The number of hydrogen-bond donors (Lipinski definition) is 0. The lowest BCUT2D eigenvalue weighted by Gasteiger charge is -1.95. The van der Waals surface area contributed by atoms with E-state index in [9.17, 15) is 4.79 Å². The minimum Gasteiger partial charge on any atom is -1.00 e. The fourth-order valence-electron chi connectivity index (χ4n) is 1.55. The molecule has 0 amide bonds. The van der Waals surface area contributed by atoms with Gasteiger partial charge in [-0.1, -0.05) is 30.4 Å². The zero-order chi connectivity index (χ0) is 12.1. The average molecular weight is 260 g/mol. The van der Waals surface area contributed by atoms with Crippen LogP contribution in [0.25, 0.3) is 12.2 Å². The molecule has 1 aromatic heterocycles. The predicted octanol–water partition coefficient (Wildman–Crippen LogP) is -0.502. The van der Waals surface area contributed by atoms with Gasteiger partial charge in [-0.3, -0.25) is 4.79 Å². The van der Waals surface area contributed by atoms with Crippen molar-refractivity contribution in [2.75, 3.05) is 0 Å². The molecule has 1 heterocycles. The number of carbonyl (C=O) groups is 1. The molecule has 0 aliphatic rings. The maximum absolute atomic E-state index is 10.6. The van der Waals surface area contributed by atoms with Crippen LogP contribution in [-0.2, 0) is 7.05 Å². The molecule has 1 aromatic carbocycles. The fraction of sp³-hybridized carbons (Fsp3) is 0.0667. The van der Waals surface area contributed by atoms with Gasteiger partial charge in [0, 0.05) is 17.7 Å². The first-order valence-corrected chi connectivity index (χ1v) is 5.46. The molecule has 0 fully saturated rings. The van der Waals surface area contributed by atoms with Crippen molar-refractivity contribution < 1.29 is 21.8 Å². The topological polar surface area (TPSA) is 20.9 Å². The van der Waals surface area contributed by atoms with Crippen LogP contribution < -0.4 is 17.0 Å². The van der Waals surface area contributed by atoms with Crippen LogP contribution >= 0.6 is 0 Å². The highest BCUT2D eigenvalue weighted by atomic mass is 35.5. The van der Waals surface area contributed by atoms with Gasteiger partial charge in [0.15, 0.2) is 12.4 Å². The van der Waals surface area contributed by atoms with E-state index in [1.165, 1.54) is 0 Å². The number of carbonyl (C=O) groups excluding carboxylic acids is 1. The summed E-state index contributed by atoms with van der Waals surface area (Å²) in [6.07, 6.45) is 8.90. The number of rotatable bonds is 3.